The zero-order valence-corrected chi connectivity index (χ0v) is 19.5. The van der Waals surface area contributed by atoms with Crippen molar-refractivity contribution in [2.24, 2.45) is 0 Å². The Balaban J connectivity index is 3.74. The lowest BCUT2D eigenvalue weighted by Crippen LogP contribution is -2.30. The molecule has 1 aromatic rings. The number of unbranched alkanes of at least 4 members (excludes halogenated alkanes) is 4. The van der Waals surface area contributed by atoms with E-state index in [2.05, 4.69) is 32.0 Å². The number of halogens is 6. The summed E-state index contributed by atoms with van der Waals surface area (Å²) in [5.41, 5.74) is -12.7. The van der Waals surface area contributed by atoms with Crippen LogP contribution in [0.25, 0.3) is 0 Å². The monoisotopic (exact) mass is 556 g/mol. The molecule has 0 aromatic heterocycles. The third-order valence-corrected chi connectivity index (χ3v) is 5.61. The number of hydrogen-bond acceptors (Lipinski definition) is 8. The molecule has 0 amide bonds. The molecule has 0 atom stereocenters. The lowest BCUT2D eigenvalue weighted by Gasteiger charge is -2.15. The maximum Gasteiger partial charge on any atom is 0.534 e. The topological polar surface area (TPSA) is 134 Å². The second-order valence-corrected chi connectivity index (χ2v) is 9.51. The van der Waals surface area contributed by atoms with E-state index in [1.807, 2.05) is 12.1 Å². The Bertz CT molecular complexity index is 1270. The first kappa shape index (κ1) is 30.4. The van der Waals surface area contributed by atoms with Crippen molar-refractivity contribution in [2.45, 2.75) is 49.5 Å². The van der Waals surface area contributed by atoms with Gasteiger partial charge in [-0.3, -0.25) is 0 Å². The van der Waals surface area contributed by atoms with Gasteiger partial charge in [-0.1, -0.05) is 23.7 Å². The average Bonchev–Trinajstić information content (AvgIpc) is 2.73. The molecular weight excluding hydrogens is 542 g/mol. The number of nitriles is 2. The van der Waals surface area contributed by atoms with Crippen LogP contribution in [0.15, 0.2) is 12.1 Å². The average molecular weight is 556 g/mol. The summed E-state index contributed by atoms with van der Waals surface area (Å²) >= 11 is 0. The number of hydrogen-bond donors (Lipinski definition) is 0. The summed E-state index contributed by atoms with van der Waals surface area (Å²) in [7, 11) is -12.9. The lowest BCUT2D eigenvalue weighted by molar-refractivity contribution is -0.0513. The molecule has 16 heteroatoms. The van der Waals surface area contributed by atoms with E-state index in [0.29, 0.717) is 12.1 Å². The fraction of sp³-hybridized carbons (Fsp3) is 0.400. The first-order valence-electron chi connectivity index (χ1n) is 9.47. The minimum atomic E-state index is -6.46. The number of benzene rings is 1. The molecule has 0 N–H and O–H groups in total. The van der Waals surface area contributed by atoms with E-state index in [-0.39, 0.29) is 49.7 Å². The van der Waals surface area contributed by atoms with Gasteiger partial charge in [0.05, 0.1) is 12.1 Å². The Hall–Kier alpha value is -3.60. The second kappa shape index (κ2) is 12.4. The molecule has 0 unspecified atom stereocenters. The number of nitrogens with zero attached hydrogens (tertiary/aromatic N) is 2. The molecule has 0 fully saturated rings. The van der Waals surface area contributed by atoms with Crippen LogP contribution in [-0.2, 0) is 20.2 Å². The van der Waals surface area contributed by atoms with E-state index < -0.39 is 42.8 Å². The van der Waals surface area contributed by atoms with Crippen molar-refractivity contribution in [3.8, 4) is 47.3 Å². The van der Waals surface area contributed by atoms with E-state index in [1.165, 1.54) is 0 Å². The van der Waals surface area contributed by atoms with Crippen LogP contribution in [0.1, 0.15) is 49.7 Å². The zero-order valence-electron chi connectivity index (χ0n) is 17.8. The standard InChI is InChI=1S/C20H14F6N2O6S2/c21-19(22,23)35(29,30)33-17-13-15(9-5-1-3-7-11-27)16(10-6-2-4-8-12-28)14-18(17)34-36(31,32)20(24,25)26/h13-14H,1-4,7-8H2. The highest BCUT2D eigenvalue weighted by molar-refractivity contribution is 7.88. The molecule has 1 rings (SSSR count). The van der Waals surface area contributed by atoms with Crippen LogP contribution in [0.5, 0.6) is 11.5 Å². The van der Waals surface area contributed by atoms with E-state index in [0.717, 1.165) is 0 Å². The van der Waals surface area contributed by atoms with Gasteiger partial charge in [-0.15, -0.1) is 0 Å². The third kappa shape index (κ3) is 8.88. The van der Waals surface area contributed by atoms with Gasteiger partial charge in [0, 0.05) is 48.9 Å². The van der Waals surface area contributed by atoms with Gasteiger partial charge in [0.1, 0.15) is 0 Å². The van der Waals surface area contributed by atoms with Crippen molar-refractivity contribution in [2.75, 3.05) is 0 Å². The minimum absolute atomic E-state index is 0.0976. The van der Waals surface area contributed by atoms with Crippen LogP contribution in [-0.4, -0.2) is 27.9 Å². The summed E-state index contributed by atoms with van der Waals surface area (Å²) in [6.07, 6.45) is 0.993. The van der Waals surface area contributed by atoms with Crippen LogP contribution in [0.4, 0.5) is 26.3 Å². The highest BCUT2D eigenvalue weighted by atomic mass is 32.2. The Morgan fingerprint density at radius 1 is 0.667 bits per heavy atom. The number of rotatable bonds is 8. The van der Waals surface area contributed by atoms with Crippen molar-refractivity contribution in [3.63, 3.8) is 0 Å². The summed E-state index contributed by atoms with van der Waals surface area (Å²) in [5.74, 6) is 6.78. The summed E-state index contributed by atoms with van der Waals surface area (Å²) in [6.45, 7) is 0. The minimum Gasteiger partial charge on any atom is -0.372 e. The molecular formula is C20H14F6N2O6S2. The maximum absolute atomic E-state index is 12.8. The third-order valence-electron chi connectivity index (χ3n) is 3.68. The molecule has 0 aliphatic rings. The second-order valence-electron chi connectivity index (χ2n) is 6.44. The highest BCUT2D eigenvalue weighted by Crippen LogP contribution is 2.38. The van der Waals surface area contributed by atoms with Crippen molar-refractivity contribution >= 4 is 20.2 Å². The summed E-state index contributed by atoms with van der Waals surface area (Å²) in [5, 5.41) is 17.1. The molecule has 0 aliphatic carbocycles. The zero-order chi connectivity index (χ0) is 27.6. The smallest absolute Gasteiger partial charge is 0.372 e. The quantitative estimate of drug-likeness (QED) is 0.153. The molecule has 194 valence electrons. The van der Waals surface area contributed by atoms with Gasteiger partial charge in [0.25, 0.3) is 0 Å². The van der Waals surface area contributed by atoms with Crippen molar-refractivity contribution in [1.29, 1.82) is 10.5 Å². The van der Waals surface area contributed by atoms with Crippen molar-refractivity contribution < 1.29 is 51.5 Å². The predicted octanol–water partition coefficient (Wildman–Crippen LogP) is 4.23. The Morgan fingerprint density at radius 3 is 1.28 bits per heavy atom. The predicted molar refractivity (Wildman–Crippen MR) is 110 cm³/mol. The summed E-state index contributed by atoms with van der Waals surface area (Å²) in [6, 6.07) is 4.55. The van der Waals surface area contributed by atoms with Gasteiger partial charge in [-0.2, -0.15) is 53.7 Å². The van der Waals surface area contributed by atoms with Gasteiger partial charge in [0.2, 0.25) is 0 Å². The normalized spacial score (nSPS) is 11.7. The van der Waals surface area contributed by atoms with E-state index >= 15 is 0 Å². The van der Waals surface area contributed by atoms with Gasteiger partial charge in [0.15, 0.2) is 11.5 Å². The lowest BCUT2D eigenvalue weighted by atomic mass is 10.1. The summed E-state index contributed by atoms with van der Waals surface area (Å²) < 4.78 is 130. The summed E-state index contributed by atoms with van der Waals surface area (Å²) in [4.78, 5) is 0. The Morgan fingerprint density at radius 2 is 1.00 bits per heavy atom. The Kier molecular flexibility index (Phi) is 10.5. The van der Waals surface area contributed by atoms with Crippen LogP contribution in [0.2, 0.25) is 0 Å². The van der Waals surface area contributed by atoms with Gasteiger partial charge < -0.3 is 8.37 Å². The number of alkyl halides is 6. The van der Waals surface area contributed by atoms with Crippen LogP contribution in [0, 0.1) is 46.3 Å². The molecule has 0 saturated carbocycles. The molecule has 0 bridgehead atoms. The van der Waals surface area contributed by atoms with Crippen LogP contribution < -0.4 is 8.37 Å². The fourth-order valence-electron chi connectivity index (χ4n) is 2.06. The van der Waals surface area contributed by atoms with E-state index in [9.17, 15) is 43.2 Å². The molecule has 0 radical (unpaired) electrons. The fourth-order valence-corrected chi connectivity index (χ4v) is 2.98. The van der Waals surface area contributed by atoms with Gasteiger partial charge in [-0.05, 0) is 12.8 Å². The molecule has 0 spiro atoms. The molecule has 8 nitrogen and oxygen atoms in total. The van der Waals surface area contributed by atoms with Crippen LogP contribution in [0.3, 0.4) is 0 Å². The maximum atomic E-state index is 12.8. The largest absolute Gasteiger partial charge is 0.534 e. The highest BCUT2D eigenvalue weighted by Gasteiger charge is 2.51. The van der Waals surface area contributed by atoms with Crippen molar-refractivity contribution in [1.82, 2.24) is 0 Å². The van der Waals surface area contributed by atoms with E-state index in [1.54, 1.807) is 0 Å². The molecule has 36 heavy (non-hydrogen) atoms. The first-order valence-corrected chi connectivity index (χ1v) is 12.3. The van der Waals surface area contributed by atoms with Crippen LogP contribution >= 0.6 is 0 Å². The molecule has 1 aromatic carbocycles. The first-order chi connectivity index (χ1) is 16.6. The van der Waals surface area contributed by atoms with Gasteiger partial charge >= 0.3 is 31.3 Å². The molecule has 0 aliphatic heterocycles. The molecule has 0 saturated heterocycles. The van der Waals surface area contributed by atoms with E-state index in [4.69, 9.17) is 10.5 Å². The SMILES string of the molecule is N#CCCCC#Cc1cc(OS(=O)(=O)C(F)(F)F)c(OS(=O)(=O)C(F)(F)F)cc1C#CCCCC#N. The van der Waals surface area contributed by atoms with Crippen molar-refractivity contribution in [3.05, 3.63) is 23.3 Å². The molecule has 0 heterocycles. The Labute approximate surface area is 202 Å². The van der Waals surface area contributed by atoms with Gasteiger partial charge in [-0.25, -0.2) is 0 Å².